The number of hydrogen-bond acceptors (Lipinski definition) is 2. The van der Waals surface area contributed by atoms with Crippen molar-refractivity contribution in [3.05, 3.63) is 53.0 Å². The van der Waals surface area contributed by atoms with Crippen molar-refractivity contribution >= 4 is 10.9 Å². The Morgan fingerprint density at radius 3 is 2.60 bits per heavy atom. The second kappa shape index (κ2) is 6.34. The van der Waals surface area contributed by atoms with Crippen molar-refractivity contribution in [2.24, 2.45) is 7.05 Å². The summed E-state index contributed by atoms with van der Waals surface area (Å²) in [5.74, 6) is 0. The molecular weight excluding hydrogens is 308 g/mol. The molecule has 2 heterocycles. The zero-order chi connectivity index (χ0) is 17.6. The molecule has 4 rings (SSSR count). The van der Waals surface area contributed by atoms with Gasteiger partial charge in [0.2, 0.25) is 0 Å². The molecule has 0 aliphatic heterocycles. The molecule has 4 nitrogen and oxygen atoms in total. The minimum atomic E-state index is 0.729. The summed E-state index contributed by atoms with van der Waals surface area (Å²) in [6.07, 6.45) is 4.84. The predicted molar refractivity (Wildman–Crippen MR) is 103 cm³/mol. The SMILES string of the molecule is CCn1ccc2ccc(CN(Cc3c(C)nn(C)c3C)C3CC3)cc21. The van der Waals surface area contributed by atoms with Crippen LogP contribution in [0.15, 0.2) is 30.5 Å². The van der Waals surface area contributed by atoms with Crippen LogP contribution in [0.3, 0.4) is 0 Å². The summed E-state index contributed by atoms with van der Waals surface area (Å²) in [7, 11) is 2.04. The summed E-state index contributed by atoms with van der Waals surface area (Å²) in [5.41, 5.74) is 6.61. The average molecular weight is 336 g/mol. The maximum absolute atomic E-state index is 4.59. The molecule has 25 heavy (non-hydrogen) atoms. The third kappa shape index (κ3) is 3.11. The molecule has 1 aliphatic carbocycles. The second-order valence-corrected chi connectivity index (χ2v) is 7.40. The first-order valence-corrected chi connectivity index (χ1v) is 9.37. The van der Waals surface area contributed by atoms with Crippen LogP contribution in [0.2, 0.25) is 0 Å². The van der Waals surface area contributed by atoms with E-state index in [2.05, 4.69) is 65.8 Å². The molecule has 1 fully saturated rings. The Kier molecular flexibility index (Phi) is 4.16. The van der Waals surface area contributed by atoms with Gasteiger partial charge in [-0.05, 0) is 56.7 Å². The summed E-state index contributed by atoms with van der Waals surface area (Å²) in [6.45, 7) is 9.56. The molecule has 0 saturated heterocycles. The van der Waals surface area contributed by atoms with Gasteiger partial charge in [-0.2, -0.15) is 5.10 Å². The Hall–Kier alpha value is -2.07. The molecular formula is C21H28N4. The minimum absolute atomic E-state index is 0.729. The van der Waals surface area contributed by atoms with E-state index >= 15 is 0 Å². The fraction of sp³-hybridized carbons (Fsp3) is 0.476. The quantitative estimate of drug-likeness (QED) is 0.675. The van der Waals surface area contributed by atoms with E-state index < -0.39 is 0 Å². The van der Waals surface area contributed by atoms with Crippen molar-refractivity contribution in [1.82, 2.24) is 19.2 Å². The van der Waals surface area contributed by atoms with Gasteiger partial charge in [0, 0.05) is 55.7 Å². The zero-order valence-corrected chi connectivity index (χ0v) is 15.8. The Labute approximate surface area is 150 Å². The standard InChI is InChI=1S/C21H28N4/c1-5-24-11-10-18-7-6-17(12-21(18)24)13-25(19-8-9-19)14-20-15(2)22-23(4)16(20)3/h6-7,10-12,19H,5,8-9,13-14H2,1-4H3. The van der Waals surface area contributed by atoms with E-state index in [9.17, 15) is 0 Å². The third-order valence-corrected chi connectivity index (χ3v) is 5.65. The minimum Gasteiger partial charge on any atom is -0.348 e. The van der Waals surface area contributed by atoms with Crippen LogP contribution in [-0.4, -0.2) is 25.3 Å². The number of nitrogens with zero attached hydrogens (tertiary/aromatic N) is 4. The van der Waals surface area contributed by atoms with Gasteiger partial charge in [-0.3, -0.25) is 9.58 Å². The Balaban J connectivity index is 1.60. The summed E-state index contributed by atoms with van der Waals surface area (Å²) >= 11 is 0. The fourth-order valence-electron chi connectivity index (χ4n) is 3.84. The number of aryl methyl sites for hydroxylation is 3. The molecule has 0 amide bonds. The van der Waals surface area contributed by atoms with Gasteiger partial charge in [0.15, 0.2) is 0 Å². The molecule has 0 N–H and O–H groups in total. The van der Waals surface area contributed by atoms with Crippen molar-refractivity contribution in [2.75, 3.05) is 0 Å². The molecule has 1 saturated carbocycles. The number of fused-ring (bicyclic) bond motifs is 1. The monoisotopic (exact) mass is 336 g/mol. The third-order valence-electron chi connectivity index (χ3n) is 5.65. The van der Waals surface area contributed by atoms with Crippen molar-refractivity contribution in [1.29, 1.82) is 0 Å². The molecule has 0 radical (unpaired) electrons. The lowest BCUT2D eigenvalue weighted by Crippen LogP contribution is -2.25. The molecule has 0 unspecified atom stereocenters. The van der Waals surface area contributed by atoms with Crippen LogP contribution in [0.5, 0.6) is 0 Å². The van der Waals surface area contributed by atoms with Crippen LogP contribution in [0, 0.1) is 13.8 Å². The van der Waals surface area contributed by atoms with Gasteiger partial charge in [-0.15, -0.1) is 0 Å². The van der Waals surface area contributed by atoms with Crippen molar-refractivity contribution < 1.29 is 0 Å². The lowest BCUT2D eigenvalue weighted by atomic mass is 10.1. The molecule has 0 atom stereocenters. The van der Waals surface area contributed by atoms with Crippen molar-refractivity contribution in [2.45, 2.75) is 59.3 Å². The van der Waals surface area contributed by atoms with Gasteiger partial charge >= 0.3 is 0 Å². The first-order chi connectivity index (χ1) is 12.1. The van der Waals surface area contributed by atoms with Gasteiger partial charge in [0.05, 0.1) is 5.69 Å². The number of hydrogen-bond donors (Lipinski definition) is 0. The highest BCUT2D eigenvalue weighted by Gasteiger charge is 2.30. The molecule has 0 bridgehead atoms. The first-order valence-electron chi connectivity index (χ1n) is 9.37. The Morgan fingerprint density at radius 1 is 1.16 bits per heavy atom. The number of rotatable bonds is 6. The Bertz CT molecular complexity index is 898. The summed E-state index contributed by atoms with van der Waals surface area (Å²) in [5, 5.41) is 5.93. The molecule has 1 aliphatic rings. The number of aromatic nitrogens is 3. The van der Waals surface area contributed by atoms with Gasteiger partial charge in [-0.1, -0.05) is 12.1 Å². The highest BCUT2D eigenvalue weighted by atomic mass is 15.3. The van der Waals surface area contributed by atoms with Crippen molar-refractivity contribution in [3.63, 3.8) is 0 Å². The van der Waals surface area contributed by atoms with Crippen molar-refractivity contribution in [3.8, 4) is 0 Å². The van der Waals surface area contributed by atoms with E-state index in [1.165, 1.54) is 46.3 Å². The lowest BCUT2D eigenvalue weighted by Gasteiger charge is -2.22. The second-order valence-electron chi connectivity index (χ2n) is 7.40. The van der Waals surface area contributed by atoms with E-state index in [1.54, 1.807) is 0 Å². The number of benzene rings is 1. The molecule has 3 aromatic rings. The van der Waals surface area contributed by atoms with Crippen LogP contribution < -0.4 is 0 Å². The average Bonchev–Trinajstić information content (AvgIpc) is 3.32. The largest absolute Gasteiger partial charge is 0.348 e. The smallest absolute Gasteiger partial charge is 0.0641 e. The van der Waals surface area contributed by atoms with Crippen LogP contribution in [0.25, 0.3) is 10.9 Å². The summed E-state index contributed by atoms with van der Waals surface area (Å²) in [4.78, 5) is 2.64. The highest BCUT2D eigenvalue weighted by molar-refractivity contribution is 5.80. The van der Waals surface area contributed by atoms with E-state index in [1.807, 2.05) is 11.7 Å². The first kappa shape index (κ1) is 16.4. The van der Waals surface area contributed by atoms with Gasteiger partial charge < -0.3 is 4.57 Å². The summed E-state index contributed by atoms with van der Waals surface area (Å²) < 4.78 is 4.34. The lowest BCUT2D eigenvalue weighted by molar-refractivity contribution is 0.245. The summed E-state index contributed by atoms with van der Waals surface area (Å²) in [6, 6.07) is 9.87. The topological polar surface area (TPSA) is 26.0 Å². The van der Waals surface area contributed by atoms with Crippen LogP contribution in [0.4, 0.5) is 0 Å². The molecule has 0 spiro atoms. The van der Waals surface area contributed by atoms with E-state index in [4.69, 9.17) is 0 Å². The highest BCUT2D eigenvalue weighted by Crippen LogP contribution is 2.31. The van der Waals surface area contributed by atoms with Gasteiger partial charge in [-0.25, -0.2) is 0 Å². The maximum Gasteiger partial charge on any atom is 0.0641 e. The predicted octanol–water partition coefficient (Wildman–Crippen LogP) is 4.18. The van der Waals surface area contributed by atoms with Crippen LogP contribution in [-0.2, 0) is 26.7 Å². The maximum atomic E-state index is 4.59. The molecule has 2 aromatic heterocycles. The molecule has 132 valence electrons. The van der Waals surface area contributed by atoms with E-state index in [-0.39, 0.29) is 0 Å². The van der Waals surface area contributed by atoms with Gasteiger partial charge in [0.25, 0.3) is 0 Å². The molecule has 1 aromatic carbocycles. The fourth-order valence-corrected chi connectivity index (χ4v) is 3.84. The van der Waals surface area contributed by atoms with Crippen LogP contribution in [0.1, 0.15) is 42.3 Å². The van der Waals surface area contributed by atoms with E-state index in [0.717, 1.165) is 25.7 Å². The zero-order valence-electron chi connectivity index (χ0n) is 15.8. The Morgan fingerprint density at radius 2 is 1.96 bits per heavy atom. The van der Waals surface area contributed by atoms with E-state index in [0.29, 0.717) is 0 Å². The van der Waals surface area contributed by atoms with Crippen LogP contribution >= 0.6 is 0 Å². The molecule has 4 heteroatoms. The normalized spacial score (nSPS) is 14.8. The van der Waals surface area contributed by atoms with Gasteiger partial charge in [0.1, 0.15) is 0 Å².